The number of rotatable bonds is 37. The Morgan fingerprint density at radius 2 is 1.10 bits per heavy atom. The summed E-state index contributed by atoms with van der Waals surface area (Å²) in [6.45, 7) is 28.9. The monoisotopic (exact) mass is 1150 g/mol. The first-order valence-corrected chi connectivity index (χ1v) is 29.7. The van der Waals surface area contributed by atoms with E-state index in [1.165, 1.54) is 61.8 Å². The zero-order chi connectivity index (χ0) is 62.4. The van der Waals surface area contributed by atoms with Gasteiger partial charge in [-0.15, -0.1) is 0 Å². The van der Waals surface area contributed by atoms with E-state index in [0.29, 0.717) is 38.9 Å². The highest BCUT2D eigenvalue weighted by Crippen LogP contribution is 2.25. The van der Waals surface area contributed by atoms with Gasteiger partial charge in [0.25, 0.3) is 0 Å². The highest BCUT2D eigenvalue weighted by atomic mass is 16.3. The van der Waals surface area contributed by atoms with Crippen LogP contribution in [-0.2, 0) is 47.9 Å². The van der Waals surface area contributed by atoms with E-state index in [0.717, 1.165) is 32.1 Å². The fourth-order valence-electron chi connectivity index (χ4n) is 9.60. The molecule has 1 aliphatic heterocycles. The van der Waals surface area contributed by atoms with Crippen molar-refractivity contribution in [3.05, 3.63) is 0 Å². The van der Waals surface area contributed by atoms with Gasteiger partial charge in [0.05, 0.1) is 12.7 Å². The highest BCUT2D eigenvalue weighted by molar-refractivity contribution is 6.01. The second-order valence-corrected chi connectivity index (χ2v) is 25.7. The molecule has 1 fully saturated rings. The number of Topliss-reactive ketones (excluding diaryl/α,β-unsaturated/α-hetero) is 1. The lowest BCUT2D eigenvalue weighted by molar-refractivity contribution is -0.142. The van der Waals surface area contributed by atoms with Gasteiger partial charge in [0.1, 0.15) is 52.1 Å². The van der Waals surface area contributed by atoms with Gasteiger partial charge in [-0.05, 0) is 119 Å². The molecule has 8 atom stereocenters. The van der Waals surface area contributed by atoms with Crippen LogP contribution in [0.4, 0.5) is 0 Å². The van der Waals surface area contributed by atoms with Gasteiger partial charge < -0.3 is 62.5 Å². The van der Waals surface area contributed by atoms with Crippen LogP contribution in [0.15, 0.2) is 0 Å². The number of likely N-dealkylation sites (tertiary alicyclic amines) is 1. The molecule has 0 radical (unpaired) electrons. The van der Waals surface area contributed by atoms with Crippen LogP contribution in [-0.4, -0.2) is 171 Å². The molecule has 0 aromatic carbocycles. The Labute approximate surface area is 484 Å². The summed E-state index contributed by atoms with van der Waals surface area (Å²) in [4.78, 5) is 141. The standard InChI is InChI=1S/C59H108N10O12/c1-19-21-22-23-24-25-27-39(8)51(77)69-29-26-28-44(69)48(74)61-43(33-38(7)32-42(72)34-41(71)20-2)47(73)64-58(14,15)54(80)67-57(12,13)53(79)63-45(36(3)4)49(75)62-46(37(5)6)50(76)65-59(16,17)55(81)66-56(10,11)52(78)60-40(9)35-68(18)30-31-70/h36-40,42-46,70,72H,19-35H2,1-18H3,(H,60,78)(H,61,74)(H,62,75)(H,63,79)(H,64,73)(H,65,76)(H,66,81)(H,67,80). The SMILES string of the molecule is CCCCCCCCC(C)C(=O)N1CCCC1C(=O)NC(CC(C)CC(O)CC(=O)CC)C(=O)NC(C)(C)C(=O)NC(C)(C)C(=O)NC(C(=O)NC(C(=O)NC(C)(C)C(=O)NC(C)(C)C(=O)NC(C)CN(C)CCO)C(C)C)C(C)C. The summed E-state index contributed by atoms with van der Waals surface area (Å²) in [5, 5.41) is 41.9. The molecule has 8 unspecified atom stereocenters. The van der Waals surface area contributed by atoms with Crippen molar-refractivity contribution in [2.75, 3.05) is 33.3 Å². The Balaban J connectivity index is 3.24. The molecule has 22 heteroatoms. The second kappa shape index (κ2) is 33.8. The quantitative estimate of drug-likeness (QED) is 0.0400. The van der Waals surface area contributed by atoms with E-state index >= 15 is 0 Å². The van der Waals surface area contributed by atoms with Crippen LogP contribution in [0.5, 0.6) is 0 Å². The van der Waals surface area contributed by atoms with Crippen molar-refractivity contribution in [2.45, 2.75) is 260 Å². The van der Waals surface area contributed by atoms with Crippen molar-refractivity contribution in [3.63, 3.8) is 0 Å². The predicted octanol–water partition coefficient (Wildman–Crippen LogP) is 3.28. The molecule has 466 valence electrons. The molecule has 0 aliphatic carbocycles. The van der Waals surface area contributed by atoms with Gasteiger partial charge >= 0.3 is 0 Å². The number of nitrogens with zero attached hydrogens (tertiary/aromatic N) is 2. The van der Waals surface area contributed by atoms with Gasteiger partial charge in [-0.2, -0.15) is 0 Å². The average Bonchev–Trinajstić information content (AvgIpc) is 3.84. The Morgan fingerprint density at radius 1 is 0.605 bits per heavy atom. The summed E-state index contributed by atoms with van der Waals surface area (Å²) < 4.78 is 0. The molecule has 22 nitrogen and oxygen atoms in total. The number of carbonyl (C=O) groups is 10. The van der Waals surface area contributed by atoms with E-state index in [2.05, 4.69) is 49.5 Å². The van der Waals surface area contributed by atoms with Crippen molar-refractivity contribution >= 4 is 58.9 Å². The van der Waals surface area contributed by atoms with Crippen molar-refractivity contribution in [1.29, 1.82) is 0 Å². The first-order chi connectivity index (χ1) is 37.4. The predicted molar refractivity (Wildman–Crippen MR) is 313 cm³/mol. The van der Waals surface area contributed by atoms with E-state index in [4.69, 9.17) is 0 Å². The molecular weight excluding hydrogens is 1040 g/mol. The van der Waals surface area contributed by atoms with Crippen molar-refractivity contribution in [2.24, 2.45) is 23.7 Å². The van der Waals surface area contributed by atoms with E-state index in [1.807, 2.05) is 11.8 Å². The Bertz CT molecular complexity index is 2110. The first kappa shape index (κ1) is 73.8. The first-order valence-electron chi connectivity index (χ1n) is 29.7. The minimum absolute atomic E-state index is 0.0191. The second-order valence-electron chi connectivity index (χ2n) is 25.7. The Hall–Kier alpha value is -5.22. The minimum atomic E-state index is -1.70. The van der Waals surface area contributed by atoms with E-state index in [-0.39, 0.29) is 61.9 Å². The molecule has 9 amide bonds. The Morgan fingerprint density at radius 3 is 1.62 bits per heavy atom. The third kappa shape index (κ3) is 25.0. The number of likely N-dealkylation sites (N-methyl/N-ethyl adjacent to an activating group) is 1. The van der Waals surface area contributed by atoms with Crippen LogP contribution in [0, 0.1) is 23.7 Å². The maximum atomic E-state index is 14.3. The number of hydrogen-bond donors (Lipinski definition) is 10. The van der Waals surface area contributed by atoms with Crippen LogP contribution >= 0.6 is 0 Å². The van der Waals surface area contributed by atoms with E-state index in [1.54, 1.807) is 60.4 Å². The van der Waals surface area contributed by atoms with Gasteiger partial charge in [-0.1, -0.05) is 93.9 Å². The summed E-state index contributed by atoms with van der Waals surface area (Å²) in [5.41, 5.74) is -6.37. The van der Waals surface area contributed by atoms with Gasteiger partial charge in [0, 0.05) is 44.4 Å². The molecule has 1 rings (SSSR count). The van der Waals surface area contributed by atoms with Gasteiger partial charge in [-0.3, -0.25) is 47.9 Å². The maximum Gasteiger partial charge on any atom is 0.246 e. The van der Waals surface area contributed by atoms with Gasteiger partial charge in [-0.25, -0.2) is 0 Å². The lowest BCUT2D eigenvalue weighted by Crippen LogP contribution is -2.67. The number of ketones is 1. The number of amides is 9. The van der Waals surface area contributed by atoms with Crippen molar-refractivity contribution in [3.8, 4) is 0 Å². The summed E-state index contributed by atoms with van der Waals surface area (Å²) in [7, 11) is 1.80. The minimum Gasteiger partial charge on any atom is -0.395 e. The number of carbonyl (C=O) groups excluding carboxylic acids is 10. The molecular formula is C59H108N10O12. The zero-order valence-corrected chi connectivity index (χ0v) is 52.7. The van der Waals surface area contributed by atoms with Crippen LogP contribution in [0.2, 0.25) is 0 Å². The molecule has 0 aromatic heterocycles. The van der Waals surface area contributed by atoms with Crippen LogP contribution in [0.25, 0.3) is 0 Å². The number of nitrogens with one attached hydrogen (secondary N) is 8. The third-order valence-electron chi connectivity index (χ3n) is 15.0. The number of unbranched alkanes of at least 4 members (excludes halogenated alkanes) is 5. The fourth-order valence-corrected chi connectivity index (χ4v) is 9.60. The lowest BCUT2D eigenvalue weighted by Gasteiger charge is -2.35. The largest absolute Gasteiger partial charge is 0.395 e. The smallest absolute Gasteiger partial charge is 0.246 e. The normalized spacial score (nSPS) is 16.8. The molecule has 0 spiro atoms. The van der Waals surface area contributed by atoms with Crippen molar-refractivity contribution in [1.82, 2.24) is 52.3 Å². The highest BCUT2D eigenvalue weighted by Gasteiger charge is 2.43. The molecule has 0 bridgehead atoms. The summed E-state index contributed by atoms with van der Waals surface area (Å²) in [5.74, 6) is -7.35. The third-order valence-corrected chi connectivity index (χ3v) is 15.0. The maximum absolute atomic E-state index is 14.3. The average molecular weight is 1150 g/mol. The summed E-state index contributed by atoms with van der Waals surface area (Å²) in [6, 6.07) is -4.78. The molecule has 1 aliphatic rings. The molecule has 81 heavy (non-hydrogen) atoms. The number of hydrogen-bond acceptors (Lipinski definition) is 13. The van der Waals surface area contributed by atoms with Gasteiger partial charge in [0.2, 0.25) is 53.2 Å². The number of aliphatic hydroxyl groups is 2. The Kier molecular flexibility index (Phi) is 30.8. The molecule has 0 aromatic rings. The topological polar surface area (TPSA) is 314 Å². The number of aliphatic hydroxyl groups excluding tert-OH is 2. The molecule has 10 N–H and O–H groups in total. The summed E-state index contributed by atoms with van der Waals surface area (Å²) in [6.07, 6.45) is 7.59. The van der Waals surface area contributed by atoms with E-state index in [9.17, 15) is 58.2 Å². The van der Waals surface area contributed by atoms with Crippen LogP contribution in [0.3, 0.4) is 0 Å². The molecule has 1 saturated heterocycles. The summed E-state index contributed by atoms with van der Waals surface area (Å²) >= 11 is 0. The molecule has 1 heterocycles. The van der Waals surface area contributed by atoms with E-state index < -0.39 is 112 Å². The van der Waals surface area contributed by atoms with Gasteiger partial charge in [0.15, 0.2) is 0 Å². The zero-order valence-electron chi connectivity index (χ0n) is 52.7. The van der Waals surface area contributed by atoms with Crippen molar-refractivity contribution < 1.29 is 58.2 Å². The van der Waals surface area contributed by atoms with Crippen LogP contribution < -0.4 is 42.5 Å². The van der Waals surface area contributed by atoms with Crippen LogP contribution in [0.1, 0.15) is 201 Å². The lowest BCUT2D eigenvalue weighted by atomic mass is 9.92. The molecule has 0 saturated carbocycles. The fraction of sp³-hybridized carbons (Fsp3) is 0.831.